The van der Waals surface area contributed by atoms with Crippen molar-refractivity contribution < 1.29 is 13.0 Å². The minimum atomic E-state index is -4.03. The molecule has 4 nitrogen and oxygen atoms in total. The third kappa shape index (κ3) is 6.78. The normalized spacial score (nSPS) is 12.9. The Morgan fingerprint density at radius 1 is 1.33 bits per heavy atom. The van der Waals surface area contributed by atoms with Gasteiger partial charge >= 0.3 is 0 Å². The predicted octanol–water partition coefficient (Wildman–Crippen LogP) is 3.12. The lowest BCUT2D eigenvalue weighted by Gasteiger charge is -2.33. The molecule has 0 saturated heterocycles. The summed E-state index contributed by atoms with van der Waals surface area (Å²) in [6.07, 6.45) is 2.55. The van der Waals surface area contributed by atoms with E-state index in [1.54, 1.807) is 0 Å². The average Bonchev–Trinajstić information content (AvgIpc) is 2.38. The van der Waals surface area contributed by atoms with Gasteiger partial charge in [0.2, 0.25) is 0 Å². The Bertz CT molecular complexity index is 540. The van der Waals surface area contributed by atoms with Crippen LogP contribution in [-0.4, -0.2) is 36.2 Å². The van der Waals surface area contributed by atoms with Gasteiger partial charge in [-0.1, -0.05) is 50.3 Å². The Morgan fingerprint density at radius 2 is 1.95 bits per heavy atom. The fourth-order valence-corrected chi connectivity index (χ4v) is 3.19. The van der Waals surface area contributed by atoms with Gasteiger partial charge in [-0.05, 0) is 25.3 Å². The number of unbranched alkanes of at least 4 members (excludes halogenated alkanes) is 1. The topological polar surface area (TPSA) is 57.6 Å². The van der Waals surface area contributed by atoms with Crippen LogP contribution in [0.5, 0.6) is 0 Å². The number of hydrogen-bond acceptors (Lipinski definition) is 3. The predicted molar refractivity (Wildman–Crippen MR) is 86.8 cm³/mol. The van der Waals surface area contributed by atoms with Crippen molar-refractivity contribution in [3.63, 3.8) is 0 Å². The van der Waals surface area contributed by atoms with Gasteiger partial charge in [-0.15, -0.1) is 0 Å². The molecule has 0 spiro atoms. The van der Waals surface area contributed by atoms with Gasteiger partial charge in [0.05, 0.1) is 5.75 Å². The first-order valence-electron chi connectivity index (χ1n) is 7.24. The van der Waals surface area contributed by atoms with E-state index in [0.29, 0.717) is 6.42 Å². The monoisotopic (exact) mass is 311 g/mol. The smallest absolute Gasteiger partial charge is 0.266 e. The van der Waals surface area contributed by atoms with E-state index >= 15 is 0 Å². The van der Waals surface area contributed by atoms with Crippen molar-refractivity contribution in [3.05, 3.63) is 48.2 Å². The Balaban J connectivity index is 2.96. The van der Waals surface area contributed by atoms with E-state index in [9.17, 15) is 13.0 Å². The van der Waals surface area contributed by atoms with Crippen molar-refractivity contribution in [1.29, 1.82) is 0 Å². The summed E-state index contributed by atoms with van der Waals surface area (Å²) in [6, 6.07) is 9.41. The molecule has 0 radical (unpaired) electrons. The van der Waals surface area contributed by atoms with Gasteiger partial charge < -0.3 is 4.90 Å². The lowest BCUT2D eigenvalue weighted by molar-refractivity contribution is 0.262. The van der Waals surface area contributed by atoms with Crippen LogP contribution in [0, 0.1) is 0 Å². The number of nitrogens with zero attached hydrogens (tertiary/aromatic N) is 1. The van der Waals surface area contributed by atoms with Crippen molar-refractivity contribution >= 4 is 10.1 Å². The molecule has 1 aromatic rings. The van der Waals surface area contributed by atoms with Crippen LogP contribution in [-0.2, 0) is 16.5 Å². The van der Waals surface area contributed by atoms with Crippen molar-refractivity contribution in [2.24, 2.45) is 0 Å². The highest BCUT2D eigenvalue weighted by atomic mass is 32.2. The van der Waals surface area contributed by atoms with Gasteiger partial charge in [0.1, 0.15) is 0 Å². The lowest BCUT2D eigenvalue weighted by atomic mass is 10.0. The Morgan fingerprint density at radius 3 is 2.43 bits per heavy atom. The van der Waals surface area contributed by atoms with Crippen LogP contribution in [0.25, 0.3) is 0 Å². The zero-order chi connectivity index (χ0) is 15.9. The summed E-state index contributed by atoms with van der Waals surface area (Å²) in [4.78, 5) is 1.99. The molecule has 1 unspecified atom stereocenters. The van der Waals surface area contributed by atoms with Gasteiger partial charge in [-0.2, -0.15) is 8.42 Å². The van der Waals surface area contributed by atoms with E-state index in [1.807, 2.05) is 42.2 Å². The molecule has 1 aromatic carbocycles. The molecule has 0 heterocycles. The molecule has 5 heteroatoms. The van der Waals surface area contributed by atoms with Crippen LogP contribution in [0.4, 0.5) is 0 Å². The SMILES string of the molecule is C=C(C)N(CCCC)C(Cc1ccccc1)CS(=O)(=O)O. The molecule has 1 rings (SSSR count). The lowest BCUT2D eigenvalue weighted by Crippen LogP contribution is -2.41. The number of allylic oxidation sites excluding steroid dienone is 1. The molecule has 118 valence electrons. The van der Waals surface area contributed by atoms with Crippen molar-refractivity contribution in [3.8, 4) is 0 Å². The van der Waals surface area contributed by atoms with E-state index in [1.165, 1.54) is 0 Å². The highest BCUT2D eigenvalue weighted by Crippen LogP contribution is 2.16. The summed E-state index contributed by atoms with van der Waals surface area (Å²) in [7, 11) is -4.03. The van der Waals surface area contributed by atoms with E-state index in [0.717, 1.165) is 30.6 Å². The first-order valence-corrected chi connectivity index (χ1v) is 8.85. The maximum atomic E-state index is 11.3. The Labute approximate surface area is 128 Å². The molecule has 0 amide bonds. The van der Waals surface area contributed by atoms with Gasteiger partial charge in [-0.25, -0.2) is 0 Å². The van der Waals surface area contributed by atoms with Gasteiger partial charge in [-0.3, -0.25) is 4.55 Å². The standard InChI is InChI=1S/C16H25NO3S/c1-4-5-11-17(14(2)3)16(13-21(18,19)20)12-15-9-7-6-8-10-15/h6-10,16H,2,4-5,11-13H2,1,3H3,(H,18,19,20). The minimum Gasteiger partial charge on any atom is -0.371 e. The second-order valence-electron chi connectivity index (χ2n) is 5.37. The van der Waals surface area contributed by atoms with E-state index in [4.69, 9.17) is 0 Å². The van der Waals surface area contributed by atoms with Crippen LogP contribution < -0.4 is 0 Å². The zero-order valence-electron chi connectivity index (χ0n) is 12.8. The first kappa shape index (κ1) is 17.7. The second kappa shape index (κ2) is 8.20. The molecule has 0 aliphatic heterocycles. The Kier molecular flexibility index (Phi) is 6.92. The van der Waals surface area contributed by atoms with Crippen molar-refractivity contribution in [2.75, 3.05) is 12.3 Å². The maximum absolute atomic E-state index is 11.3. The molecule has 1 atom stereocenters. The molecule has 0 aliphatic carbocycles. The van der Waals surface area contributed by atoms with Crippen molar-refractivity contribution in [2.45, 2.75) is 39.2 Å². The Hall–Kier alpha value is -1.33. The highest BCUT2D eigenvalue weighted by molar-refractivity contribution is 7.85. The van der Waals surface area contributed by atoms with Crippen LogP contribution >= 0.6 is 0 Å². The van der Waals surface area contributed by atoms with Gasteiger partial charge in [0.25, 0.3) is 10.1 Å². The largest absolute Gasteiger partial charge is 0.371 e. The second-order valence-corrected chi connectivity index (χ2v) is 6.87. The molecule has 0 aliphatic rings. The average molecular weight is 311 g/mol. The molecular weight excluding hydrogens is 286 g/mol. The van der Waals surface area contributed by atoms with Crippen molar-refractivity contribution in [1.82, 2.24) is 4.90 Å². The highest BCUT2D eigenvalue weighted by Gasteiger charge is 2.23. The van der Waals surface area contributed by atoms with E-state index in [2.05, 4.69) is 13.5 Å². The van der Waals surface area contributed by atoms with Crippen LogP contribution in [0.1, 0.15) is 32.3 Å². The van der Waals surface area contributed by atoms with E-state index < -0.39 is 10.1 Å². The summed E-state index contributed by atoms with van der Waals surface area (Å²) < 4.78 is 31.9. The number of hydrogen-bond donors (Lipinski definition) is 1. The molecule has 21 heavy (non-hydrogen) atoms. The third-order valence-corrected chi connectivity index (χ3v) is 4.21. The van der Waals surface area contributed by atoms with Crippen LogP contribution in [0.15, 0.2) is 42.6 Å². The fourth-order valence-electron chi connectivity index (χ4n) is 2.40. The molecule has 0 aromatic heterocycles. The first-order chi connectivity index (χ1) is 9.83. The molecule has 0 bridgehead atoms. The molecular formula is C16H25NO3S. The fraction of sp³-hybridized carbons (Fsp3) is 0.500. The van der Waals surface area contributed by atoms with Gasteiger partial charge in [0.15, 0.2) is 0 Å². The summed E-state index contributed by atoms with van der Waals surface area (Å²) in [5.41, 5.74) is 1.88. The maximum Gasteiger partial charge on any atom is 0.266 e. The molecule has 0 fully saturated rings. The summed E-state index contributed by atoms with van der Waals surface area (Å²) in [5, 5.41) is 0. The minimum absolute atomic E-state index is 0.279. The van der Waals surface area contributed by atoms with E-state index in [-0.39, 0.29) is 11.8 Å². The molecule has 1 N–H and O–H groups in total. The van der Waals surface area contributed by atoms with Crippen LogP contribution in [0.3, 0.4) is 0 Å². The number of rotatable bonds is 9. The summed E-state index contributed by atoms with van der Waals surface area (Å²) in [6.45, 7) is 8.66. The number of benzene rings is 1. The summed E-state index contributed by atoms with van der Waals surface area (Å²) >= 11 is 0. The molecule has 0 saturated carbocycles. The van der Waals surface area contributed by atoms with Gasteiger partial charge in [0, 0.05) is 18.3 Å². The quantitative estimate of drug-likeness (QED) is 0.712. The zero-order valence-corrected chi connectivity index (χ0v) is 13.6. The van der Waals surface area contributed by atoms with Crippen LogP contribution in [0.2, 0.25) is 0 Å². The summed E-state index contributed by atoms with van der Waals surface area (Å²) in [5.74, 6) is -0.279. The third-order valence-electron chi connectivity index (χ3n) is 3.40.